The number of carboxylic acids is 1. The van der Waals surface area contributed by atoms with E-state index in [0.717, 1.165) is 41.0 Å². The Labute approximate surface area is 222 Å². The zero-order chi connectivity index (χ0) is 28.2. The summed E-state index contributed by atoms with van der Waals surface area (Å²) < 4.78 is 71.7. The summed E-state index contributed by atoms with van der Waals surface area (Å²) in [6.07, 6.45) is -4.22. The largest absolute Gasteiger partial charge is 0.481 e. The number of halogens is 4. The van der Waals surface area contributed by atoms with Crippen LogP contribution in [0.3, 0.4) is 0 Å². The molecule has 0 spiro atoms. The molecule has 202 valence electrons. The minimum atomic E-state index is -4.64. The number of hydrogen-bond donors (Lipinski definition) is 1. The van der Waals surface area contributed by atoms with Crippen molar-refractivity contribution in [3.05, 3.63) is 107 Å². The monoisotopic (exact) mass is 540 g/mol. The number of rotatable bonds is 9. The van der Waals surface area contributed by atoms with Crippen LogP contribution in [-0.4, -0.2) is 11.1 Å². The first-order valence-electron chi connectivity index (χ1n) is 11.9. The molecule has 0 bridgehead atoms. The van der Waals surface area contributed by atoms with Crippen LogP contribution in [0.15, 0.2) is 78.9 Å². The summed E-state index contributed by atoms with van der Waals surface area (Å²) in [6, 6.07) is 18.4. The molecule has 0 saturated heterocycles. The van der Waals surface area contributed by atoms with Gasteiger partial charge < -0.3 is 19.3 Å². The molecule has 4 rings (SSSR count). The van der Waals surface area contributed by atoms with Crippen molar-refractivity contribution < 1.29 is 41.7 Å². The van der Waals surface area contributed by atoms with Gasteiger partial charge in [-0.25, -0.2) is 4.39 Å². The number of carbonyl (C=O) groups is 1. The predicted octanol–water partition coefficient (Wildman–Crippen LogP) is 8.86. The summed E-state index contributed by atoms with van der Waals surface area (Å²) in [5, 5.41) is 8.91. The third-order valence-electron chi connectivity index (χ3n) is 5.74. The number of aliphatic carboxylic acids is 1. The van der Waals surface area contributed by atoms with E-state index < -0.39 is 23.5 Å². The number of para-hydroxylation sites is 1. The lowest BCUT2D eigenvalue weighted by Crippen LogP contribution is -2.05. The molecule has 0 saturated carbocycles. The van der Waals surface area contributed by atoms with Crippen LogP contribution in [0.1, 0.15) is 28.7 Å². The molecule has 0 aromatic heterocycles. The molecular formula is C30H24F4O5. The highest BCUT2D eigenvalue weighted by Gasteiger charge is 2.32. The number of hydrogen-bond acceptors (Lipinski definition) is 4. The van der Waals surface area contributed by atoms with E-state index in [4.69, 9.17) is 19.3 Å². The fourth-order valence-corrected chi connectivity index (χ4v) is 3.84. The van der Waals surface area contributed by atoms with Crippen LogP contribution in [0.25, 0.3) is 0 Å². The highest BCUT2D eigenvalue weighted by Crippen LogP contribution is 2.41. The van der Waals surface area contributed by atoms with Crippen LogP contribution >= 0.6 is 0 Å². The van der Waals surface area contributed by atoms with Crippen LogP contribution in [0, 0.1) is 19.7 Å². The third kappa shape index (κ3) is 7.28. The van der Waals surface area contributed by atoms with Crippen molar-refractivity contribution in [3.63, 3.8) is 0 Å². The number of aryl methyl sites for hydroxylation is 3. The Bertz CT molecular complexity index is 1500. The van der Waals surface area contributed by atoms with E-state index in [2.05, 4.69) is 0 Å². The quantitative estimate of drug-likeness (QED) is 0.215. The van der Waals surface area contributed by atoms with Gasteiger partial charge in [0.05, 0.1) is 5.56 Å². The maximum atomic E-state index is 14.2. The number of benzene rings is 4. The molecule has 1 N–H and O–H groups in total. The van der Waals surface area contributed by atoms with Gasteiger partial charge in [0.2, 0.25) is 0 Å². The zero-order valence-corrected chi connectivity index (χ0v) is 21.0. The average molecular weight is 541 g/mol. The first-order valence-corrected chi connectivity index (χ1v) is 11.9. The van der Waals surface area contributed by atoms with Crippen LogP contribution < -0.4 is 14.2 Å². The van der Waals surface area contributed by atoms with Gasteiger partial charge >= 0.3 is 12.1 Å². The first kappa shape index (κ1) is 27.5. The standard InChI is InChI=1S/C30H24F4O5/c1-18-13-23(37-22-10-7-20(19(2)15-22)8-12-29(35)36)17-24(14-18)38-27-11-9-21(30(32,33)34)16-28(27)39-26-6-4-3-5-25(26)31/h3-7,9-11,13-17H,8,12H2,1-2H3,(H,35,36). The van der Waals surface area contributed by atoms with E-state index in [1.807, 2.05) is 6.92 Å². The maximum absolute atomic E-state index is 14.2. The molecule has 0 unspecified atom stereocenters. The number of ether oxygens (including phenoxy) is 3. The zero-order valence-electron chi connectivity index (χ0n) is 21.0. The molecule has 0 heterocycles. The second-order valence-electron chi connectivity index (χ2n) is 8.86. The van der Waals surface area contributed by atoms with E-state index in [0.29, 0.717) is 17.9 Å². The minimum Gasteiger partial charge on any atom is -0.481 e. The number of carboxylic acid groups (broad SMARTS) is 1. The van der Waals surface area contributed by atoms with E-state index in [-0.39, 0.29) is 29.4 Å². The van der Waals surface area contributed by atoms with Crippen LogP contribution in [-0.2, 0) is 17.4 Å². The topological polar surface area (TPSA) is 65.0 Å². The molecule has 0 aliphatic carbocycles. The van der Waals surface area contributed by atoms with Gasteiger partial charge in [0, 0.05) is 12.5 Å². The van der Waals surface area contributed by atoms with Crippen molar-refractivity contribution in [2.45, 2.75) is 32.9 Å². The molecule has 0 aliphatic rings. The smallest absolute Gasteiger partial charge is 0.416 e. The van der Waals surface area contributed by atoms with Crippen molar-refractivity contribution in [1.29, 1.82) is 0 Å². The van der Waals surface area contributed by atoms with Gasteiger partial charge in [0.15, 0.2) is 23.1 Å². The Morgan fingerprint density at radius 3 is 2.15 bits per heavy atom. The second kappa shape index (κ2) is 11.5. The van der Waals surface area contributed by atoms with Crippen molar-refractivity contribution >= 4 is 5.97 Å². The van der Waals surface area contributed by atoms with E-state index in [1.54, 1.807) is 43.3 Å². The molecule has 39 heavy (non-hydrogen) atoms. The predicted molar refractivity (Wildman–Crippen MR) is 136 cm³/mol. The van der Waals surface area contributed by atoms with Gasteiger partial charge in [-0.3, -0.25) is 4.79 Å². The van der Waals surface area contributed by atoms with Gasteiger partial charge in [-0.05, 0) is 91.6 Å². The average Bonchev–Trinajstić information content (AvgIpc) is 2.85. The summed E-state index contributed by atoms with van der Waals surface area (Å²) in [5.74, 6) is -1.05. The highest BCUT2D eigenvalue weighted by molar-refractivity contribution is 5.67. The van der Waals surface area contributed by atoms with Gasteiger partial charge in [0.25, 0.3) is 0 Å². The molecule has 0 fully saturated rings. The van der Waals surface area contributed by atoms with E-state index in [9.17, 15) is 22.4 Å². The minimum absolute atomic E-state index is 0.0200. The lowest BCUT2D eigenvalue weighted by atomic mass is 10.0. The fourth-order valence-electron chi connectivity index (χ4n) is 3.84. The van der Waals surface area contributed by atoms with Crippen molar-refractivity contribution in [3.8, 4) is 34.5 Å². The first-order chi connectivity index (χ1) is 18.5. The Kier molecular flexibility index (Phi) is 8.09. The Morgan fingerprint density at radius 2 is 1.49 bits per heavy atom. The van der Waals surface area contributed by atoms with Gasteiger partial charge in [-0.1, -0.05) is 18.2 Å². The highest BCUT2D eigenvalue weighted by atomic mass is 19.4. The molecule has 4 aromatic carbocycles. The summed E-state index contributed by atoms with van der Waals surface area (Å²) in [4.78, 5) is 10.9. The Hall–Kier alpha value is -4.53. The van der Waals surface area contributed by atoms with Crippen LogP contribution in [0.2, 0.25) is 0 Å². The summed E-state index contributed by atoms with van der Waals surface area (Å²) in [5.41, 5.74) is 1.54. The lowest BCUT2D eigenvalue weighted by Gasteiger charge is -2.16. The van der Waals surface area contributed by atoms with Crippen LogP contribution in [0.4, 0.5) is 17.6 Å². The van der Waals surface area contributed by atoms with E-state index >= 15 is 0 Å². The molecule has 9 heteroatoms. The van der Waals surface area contributed by atoms with E-state index in [1.165, 1.54) is 18.2 Å². The third-order valence-corrected chi connectivity index (χ3v) is 5.74. The number of alkyl halides is 3. The SMILES string of the molecule is Cc1cc(Oc2ccc(CCC(=O)O)c(C)c2)cc(Oc2ccc(C(F)(F)F)cc2Oc2ccccc2F)c1. The summed E-state index contributed by atoms with van der Waals surface area (Å²) in [6.45, 7) is 3.65. The van der Waals surface area contributed by atoms with Crippen molar-refractivity contribution in [2.75, 3.05) is 0 Å². The van der Waals surface area contributed by atoms with Crippen molar-refractivity contribution in [2.24, 2.45) is 0 Å². The maximum Gasteiger partial charge on any atom is 0.416 e. The molecule has 0 radical (unpaired) electrons. The van der Waals surface area contributed by atoms with Gasteiger partial charge in [-0.15, -0.1) is 0 Å². The molecule has 0 amide bonds. The normalized spacial score (nSPS) is 11.2. The molecule has 0 aliphatic heterocycles. The Balaban J connectivity index is 1.60. The van der Waals surface area contributed by atoms with Gasteiger partial charge in [0.1, 0.15) is 17.2 Å². The molecule has 0 atom stereocenters. The molecular weight excluding hydrogens is 516 g/mol. The van der Waals surface area contributed by atoms with Gasteiger partial charge in [-0.2, -0.15) is 13.2 Å². The second-order valence-corrected chi connectivity index (χ2v) is 8.86. The lowest BCUT2D eigenvalue weighted by molar-refractivity contribution is -0.138. The fraction of sp³-hybridized carbons (Fsp3) is 0.167. The molecule has 5 nitrogen and oxygen atoms in total. The summed E-state index contributed by atoms with van der Waals surface area (Å²) >= 11 is 0. The summed E-state index contributed by atoms with van der Waals surface area (Å²) in [7, 11) is 0. The van der Waals surface area contributed by atoms with Crippen molar-refractivity contribution in [1.82, 2.24) is 0 Å². The molecule has 4 aromatic rings. The van der Waals surface area contributed by atoms with Crippen LogP contribution in [0.5, 0.6) is 34.5 Å². The Morgan fingerprint density at radius 1 is 0.769 bits per heavy atom.